The van der Waals surface area contributed by atoms with Crippen LogP contribution in [0.15, 0.2) is 35.6 Å². The molecule has 4 heteroatoms. The van der Waals surface area contributed by atoms with Gasteiger partial charge < -0.3 is 0 Å². The SMILES string of the molecule is CC(C)C(CBr)CSc1ncnc2ccccc12. The predicted octanol–water partition coefficient (Wildman–Crippen LogP) is 4.39. The lowest BCUT2D eigenvalue weighted by molar-refractivity contribution is 0.474. The van der Waals surface area contributed by atoms with E-state index in [0.29, 0.717) is 11.8 Å². The minimum absolute atomic E-state index is 0.670. The van der Waals surface area contributed by atoms with E-state index in [4.69, 9.17) is 0 Å². The molecule has 1 aromatic carbocycles. The fourth-order valence-electron chi connectivity index (χ4n) is 1.70. The Labute approximate surface area is 121 Å². The highest BCUT2D eigenvalue weighted by molar-refractivity contribution is 9.09. The molecule has 0 saturated heterocycles. The Morgan fingerprint density at radius 1 is 1.22 bits per heavy atom. The molecule has 0 bridgehead atoms. The van der Waals surface area contributed by atoms with Crippen LogP contribution >= 0.6 is 27.7 Å². The first kappa shape index (κ1) is 13.8. The van der Waals surface area contributed by atoms with Gasteiger partial charge in [0.15, 0.2) is 0 Å². The average Bonchev–Trinajstić information content (AvgIpc) is 2.39. The first-order valence-electron chi connectivity index (χ1n) is 6.11. The van der Waals surface area contributed by atoms with Crippen LogP contribution in [0.3, 0.4) is 0 Å². The van der Waals surface area contributed by atoms with Gasteiger partial charge in [0.25, 0.3) is 0 Å². The van der Waals surface area contributed by atoms with Crippen molar-refractivity contribution in [1.29, 1.82) is 0 Å². The monoisotopic (exact) mass is 324 g/mol. The fraction of sp³-hybridized carbons (Fsp3) is 0.429. The van der Waals surface area contributed by atoms with Crippen molar-refractivity contribution in [3.8, 4) is 0 Å². The Morgan fingerprint density at radius 3 is 2.72 bits per heavy atom. The molecular formula is C14H17BrN2S. The summed E-state index contributed by atoms with van der Waals surface area (Å²) < 4.78 is 0. The molecule has 0 aliphatic rings. The highest BCUT2D eigenvalue weighted by atomic mass is 79.9. The summed E-state index contributed by atoms with van der Waals surface area (Å²) in [6, 6.07) is 8.18. The van der Waals surface area contributed by atoms with Gasteiger partial charge in [0.2, 0.25) is 0 Å². The number of halogens is 1. The van der Waals surface area contributed by atoms with Gasteiger partial charge in [-0.15, -0.1) is 11.8 Å². The minimum Gasteiger partial charge on any atom is -0.236 e. The number of nitrogens with zero attached hydrogens (tertiary/aromatic N) is 2. The molecule has 1 heterocycles. The van der Waals surface area contributed by atoms with E-state index in [2.05, 4.69) is 45.8 Å². The van der Waals surface area contributed by atoms with E-state index >= 15 is 0 Å². The molecule has 2 aromatic rings. The molecule has 0 fully saturated rings. The first-order chi connectivity index (χ1) is 8.72. The second-order valence-corrected chi connectivity index (χ2v) is 6.32. The van der Waals surface area contributed by atoms with Gasteiger partial charge >= 0.3 is 0 Å². The summed E-state index contributed by atoms with van der Waals surface area (Å²) in [5.74, 6) is 2.44. The Kier molecular flexibility index (Phi) is 5.01. The number of alkyl halides is 1. The minimum atomic E-state index is 0.670. The molecule has 0 radical (unpaired) electrons. The number of benzene rings is 1. The van der Waals surface area contributed by atoms with Gasteiger partial charge in [-0.05, 0) is 17.9 Å². The summed E-state index contributed by atoms with van der Waals surface area (Å²) >= 11 is 5.42. The van der Waals surface area contributed by atoms with Crippen LogP contribution in [0.4, 0.5) is 0 Å². The van der Waals surface area contributed by atoms with Crippen molar-refractivity contribution in [3.05, 3.63) is 30.6 Å². The number of hydrogen-bond donors (Lipinski definition) is 0. The lowest BCUT2D eigenvalue weighted by Gasteiger charge is -2.17. The smallest absolute Gasteiger partial charge is 0.117 e. The van der Waals surface area contributed by atoms with Crippen LogP contribution < -0.4 is 0 Å². The lowest BCUT2D eigenvalue weighted by atomic mass is 10.0. The summed E-state index contributed by atoms with van der Waals surface area (Å²) in [7, 11) is 0. The molecule has 2 nitrogen and oxygen atoms in total. The second kappa shape index (κ2) is 6.53. The van der Waals surface area contributed by atoms with Gasteiger partial charge in [-0.2, -0.15) is 0 Å². The van der Waals surface area contributed by atoms with E-state index < -0.39 is 0 Å². The summed E-state index contributed by atoms with van der Waals surface area (Å²) in [4.78, 5) is 8.70. The van der Waals surface area contributed by atoms with Crippen LogP contribution in [0.5, 0.6) is 0 Å². The fourth-order valence-corrected chi connectivity index (χ4v) is 4.30. The molecule has 18 heavy (non-hydrogen) atoms. The van der Waals surface area contributed by atoms with Crippen molar-refractivity contribution in [2.45, 2.75) is 18.9 Å². The number of rotatable bonds is 5. The molecule has 0 N–H and O–H groups in total. The van der Waals surface area contributed by atoms with Crippen molar-refractivity contribution in [2.24, 2.45) is 11.8 Å². The zero-order valence-electron chi connectivity index (χ0n) is 10.6. The van der Waals surface area contributed by atoms with Crippen LogP contribution in [0.1, 0.15) is 13.8 Å². The number of aromatic nitrogens is 2. The van der Waals surface area contributed by atoms with E-state index in [1.165, 1.54) is 0 Å². The van der Waals surface area contributed by atoms with Crippen LogP contribution in [-0.2, 0) is 0 Å². The Bertz CT molecular complexity index is 511. The molecule has 96 valence electrons. The molecule has 0 amide bonds. The third-order valence-electron chi connectivity index (χ3n) is 3.08. The number of para-hydroxylation sites is 1. The molecule has 0 aliphatic heterocycles. The van der Waals surface area contributed by atoms with Gasteiger partial charge in [-0.1, -0.05) is 48.0 Å². The zero-order valence-corrected chi connectivity index (χ0v) is 13.0. The standard InChI is InChI=1S/C14H17BrN2S/c1-10(2)11(7-15)8-18-14-12-5-3-4-6-13(12)16-9-17-14/h3-6,9-11H,7-8H2,1-2H3. The third kappa shape index (κ3) is 3.23. The summed E-state index contributed by atoms with van der Waals surface area (Å²) in [5.41, 5.74) is 1.02. The maximum Gasteiger partial charge on any atom is 0.117 e. The molecule has 0 aliphatic carbocycles. The molecule has 2 rings (SSSR count). The zero-order chi connectivity index (χ0) is 13.0. The first-order valence-corrected chi connectivity index (χ1v) is 8.21. The third-order valence-corrected chi connectivity index (χ3v) is 5.11. The maximum absolute atomic E-state index is 4.41. The Balaban J connectivity index is 2.17. The normalized spacial score (nSPS) is 13.1. The molecule has 0 saturated carbocycles. The largest absolute Gasteiger partial charge is 0.236 e. The highest BCUT2D eigenvalue weighted by Gasteiger charge is 2.13. The molecular weight excluding hydrogens is 308 g/mol. The van der Waals surface area contributed by atoms with Crippen molar-refractivity contribution in [2.75, 3.05) is 11.1 Å². The summed E-state index contributed by atoms with van der Waals surface area (Å²) in [6.07, 6.45) is 1.66. The van der Waals surface area contributed by atoms with Gasteiger partial charge in [-0.3, -0.25) is 0 Å². The van der Waals surface area contributed by atoms with Crippen molar-refractivity contribution >= 4 is 38.6 Å². The predicted molar refractivity (Wildman–Crippen MR) is 82.4 cm³/mol. The van der Waals surface area contributed by atoms with Crippen LogP contribution in [0, 0.1) is 11.8 Å². The quantitative estimate of drug-likeness (QED) is 0.463. The topological polar surface area (TPSA) is 25.8 Å². The summed E-state index contributed by atoms with van der Waals surface area (Å²) in [5, 5.41) is 3.29. The maximum atomic E-state index is 4.41. The van der Waals surface area contributed by atoms with Gasteiger partial charge in [0.1, 0.15) is 11.4 Å². The Hall–Kier alpha value is -0.610. The molecule has 1 unspecified atom stereocenters. The highest BCUT2D eigenvalue weighted by Crippen LogP contribution is 2.28. The van der Waals surface area contributed by atoms with E-state index in [9.17, 15) is 0 Å². The van der Waals surface area contributed by atoms with E-state index in [0.717, 1.165) is 27.0 Å². The van der Waals surface area contributed by atoms with Gasteiger partial charge in [-0.25, -0.2) is 9.97 Å². The second-order valence-electron chi connectivity index (χ2n) is 4.67. The molecule has 0 spiro atoms. The lowest BCUT2D eigenvalue weighted by Crippen LogP contribution is -2.13. The summed E-state index contributed by atoms with van der Waals surface area (Å²) in [6.45, 7) is 4.54. The number of hydrogen-bond acceptors (Lipinski definition) is 3. The van der Waals surface area contributed by atoms with E-state index in [-0.39, 0.29) is 0 Å². The van der Waals surface area contributed by atoms with Crippen LogP contribution in [0.25, 0.3) is 10.9 Å². The Morgan fingerprint density at radius 2 is 2.00 bits per heavy atom. The average molecular weight is 325 g/mol. The number of thioether (sulfide) groups is 1. The molecule has 1 aromatic heterocycles. The van der Waals surface area contributed by atoms with E-state index in [1.807, 2.05) is 30.0 Å². The van der Waals surface area contributed by atoms with Crippen molar-refractivity contribution < 1.29 is 0 Å². The van der Waals surface area contributed by atoms with Crippen molar-refractivity contribution in [1.82, 2.24) is 9.97 Å². The van der Waals surface area contributed by atoms with Gasteiger partial charge in [0.05, 0.1) is 5.52 Å². The van der Waals surface area contributed by atoms with Crippen LogP contribution in [0.2, 0.25) is 0 Å². The van der Waals surface area contributed by atoms with Crippen molar-refractivity contribution in [3.63, 3.8) is 0 Å². The van der Waals surface area contributed by atoms with Gasteiger partial charge in [0, 0.05) is 16.5 Å². The molecule has 1 atom stereocenters. The van der Waals surface area contributed by atoms with Crippen LogP contribution in [-0.4, -0.2) is 21.1 Å². The van der Waals surface area contributed by atoms with E-state index in [1.54, 1.807) is 6.33 Å². The number of fused-ring (bicyclic) bond motifs is 1.